The summed E-state index contributed by atoms with van der Waals surface area (Å²) in [5, 5.41) is 2.88. The van der Waals surface area contributed by atoms with E-state index in [1.807, 2.05) is 55.5 Å². The average molecular weight is 352 g/mol. The Labute approximate surface area is 154 Å². The Bertz CT molecular complexity index is 799. The van der Waals surface area contributed by atoms with Gasteiger partial charge in [0.1, 0.15) is 5.75 Å². The zero-order chi connectivity index (χ0) is 18.9. The second kappa shape index (κ2) is 9.42. The van der Waals surface area contributed by atoms with Gasteiger partial charge in [-0.25, -0.2) is 0 Å². The quantitative estimate of drug-likeness (QED) is 0.773. The van der Waals surface area contributed by atoms with Crippen LogP contribution in [0.5, 0.6) is 5.75 Å². The van der Waals surface area contributed by atoms with Crippen molar-refractivity contribution in [3.63, 3.8) is 0 Å². The minimum absolute atomic E-state index is 0.00435. The number of ether oxygens (including phenoxy) is 1. The summed E-state index contributed by atoms with van der Waals surface area (Å²) in [5.74, 6) is 0.468. The summed E-state index contributed by atoms with van der Waals surface area (Å²) in [5.41, 5.74) is 2.41. The van der Waals surface area contributed by atoms with Gasteiger partial charge in [0.25, 0.3) is 0 Å². The topological polar surface area (TPSA) is 58.6 Å². The van der Waals surface area contributed by atoms with E-state index in [1.165, 1.54) is 6.08 Å². The van der Waals surface area contributed by atoms with E-state index in [2.05, 4.69) is 5.32 Å². The van der Waals surface area contributed by atoms with Gasteiger partial charge in [0.15, 0.2) is 0 Å². The van der Waals surface area contributed by atoms with Gasteiger partial charge in [-0.1, -0.05) is 36.4 Å². The highest BCUT2D eigenvalue weighted by molar-refractivity contribution is 6.02. The lowest BCUT2D eigenvalue weighted by Crippen LogP contribution is -2.28. The van der Waals surface area contributed by atoms with Crippen molar-refractivity contribution in [1.82, 2.24) is 4.90 Å². The first-order valence-electron chi connectivity index (χ1n) is 8.50. The smallest absolute Gasteiger partial charge is 0.248 e. The fourth-order valence-electron chi connectivity index (χ4n) is 2.58. The Morgan fingerprint density at radius 2 is 1.81 bits per heavy atom. The van der Waals surface area contributed by atoms with Gasteiger partial charge in [0, 0.05) is 37.3 Å². The standard InChI is InChI=1S/C21H24N2O3/c1-4-23(16(2)24)15-18-10-5-7-11-19(18)22-21(25)14-13-17-9-6-8-12-20(17)26-3/h5-14H,4,15H2,1-3H3,(H,22,25)/b14-13+. The number of hydrogen-bond donors (Lipinski definition) is 1. The number of para-hydroxylation sites is 2. The van der Waals surface area contributed by atoms with Gasteiger partial charge in [0.05, 0.1) is 7.11 Å². The predicted octanol–water partition coefficient (Wildman–Crippen LogP) is 3.72. The van der Waals surface area contributed by atoms with Crippen LogP contribution in [-0.4, -0.2) is 30.4 Å². The molecule has 0 bridgehead atoms. The number of amides is 2. The summed E-state index contributed by atoms with van der Waals surface area (Å²) in [6, 6.07) is 15.0. The monoisotopic (exact) mass is 352 g/mol. The number of rotatable bonds is 7. The molecule has 1 N–H and O–H groups in total. The van der Waals surface area contributed by atoms with Gasteiger partial charge < -0.3 is 15.0 Å². The molecule has 136 valence electrons. The van der Waals surface area contributed by atoms with Gasteiger partial charge in [-0.15, -0.1) is 0 Å². The normalized spacial score (nSPS) is 10.6. The molecule has 5 nitrogen and oxygen atoms in total. The van der Waals surface area contributed by atoms with E-state index in [1.54, 1.807) is 25.0 Å². The number of nitrogens with one attached hydrogen (secondary N) is 1. The molecular weight excluding hydrogens is 328 g/mol. The molecule has 0 saturated carbocycles. The Balaban J connectivity index is 2.12. The first kappa shape index (κ1) is 19.2. The van der Waals surface area contributed by atoms with Crippen molar-refractivity contribution in [2.75, 3.05) is 19.0 Å². The SMILES string of the molecule is CCN(Cc1ccccc1NC(=O)/C=C/c1ccccc1OC)C(C)=O. The molecule has 2 rings (SSSR count). The molecule has 2 amide bonds. The van der Waals surface area contributed by atoms with Crippen LogP contribution < -0.4 is 10.1 Å². The first-order valence-corrected chi connectivity index (χ1v) is 8.50. The Hall–Kier alpha value is -3.08. The fourth-order valence-corrected chi connectivity index (χ4v) is 2.58. The molecule has 0 aliphatic carbocycles. The van der Waals surface area contributed by atoms with E-state index >= 15 is 0 Å². The molecule has 26 heavy (non-hydrogen) atoms. The highest BCUT2D eigenvalue weighted by Gasteiger charge is 2.11. The molecular formula is C21H24N2O3. The Kier molecular flexibility index (Phi) is 6.97. The third-order valence-corrected chi connectivity index (χ3v) is 4.02. The van der Waals surface area contributed by atoms with Crippen LogP contribution >= 0.6 is 0 Å². The van der Waals surface area contributed by atoms with E-state index in [0.717, 1.165) is 11.1 Å². The molecule has 0 saturated heterocycles. The first-order chi connectivity index (χ1) is 12.5. The van der Waals surface area contributed by atoms with Gasteiger partial charge in [-0.2, -0.15) is 0 Å². The molecule has 5 heteroatoms. The van der Waals surface area contributed by atoms with E-state index in [4.69, 9.17) is 4.74 Å². The number of benzene rings is 2. The minimum atomic E-state index is -0.241. The molecule has 0 aliphatic heterocycles. The number of hydrogen-bond acceptors (Lipinski definition) is 3. The second-order valence-corrected chi connectivity index (χ2v) is 5.75. The lowest BCUT2D eigenvalue weighted by molar-refractivity contribution is -0.129. The second-order valence-electron chi connectivity index (χ2n) is 5.75. The summed E-state index contributed by atoms with van der Waals surface area (Å²) in [7, 11) is 1.59. The lowest BCUT2D eigenvalue weighted by atomic mass is 10.1. The summed E-state index contributed by atoms with van der Waals surface area (Å²) < 4.78 is 5.27. The molecule has 0 unspecified atom stereocenters. The van der Waals surface area contributed by atoms with Crippen LogP contribution in [0.15, 0.2) is 54.6 Å². The van der Waals surface area contributed by atoms with Crippen molar-refractivity contribution >= 4 is 23.6 Å². The molecule has 2 aromatic rings. The highest BCUT2D eigenvalue weighted by Crippen LogP contribution is 2.20. The van der Waals surface area contributed by atoms with Crippen molar-refractivity contribution in [3.8, 4) is 5.75 Å². The summed E-state index contributed by atoms with van der Waals surface area (Å²) >= 11 is 0. The molecule has 0 heterocycles. The number of carbonyl (C=O) groups excluding carboxylic acids is 2. The third kappa shape index (κ3) is 5.21. The van der Waals surface area contributed by atoms with Gasteiger partial charge in [0.2, 0.25) is 11.8 Å². The molecule has 0 fully saturated rings. The Morgan fingerprint density at radius 1 is 1.12 bits per heavy atom. The van der Waals surface area contributed by atoms with Crippen molar-refractivity contribution in [1.29, 1.82) is 0 Å². The largest absolute Gasteiger partial charge is 0.496 e. The number of methoxy groups -OCH3 is 1. The maximum Gasteiger partial charge on any atom is 0.248 e. The molecule has 0 spiro atoms. The number of nitrogens with zero attached hydrogens (tertiary/aromatic N) is 1. The van der Waals surface area contributed by atoms with Crippen molar-refractivity contribution < 1.29 is 14.3 Å². The molecule has 0 radical (unpaired) electrons. The molecule has 2 aromatic carbocycles. The van der Waals surface area contributed by atoms with Crippen molar-refractivity contribution in [3.05, 3.63) is 65.7 Å². The van der Waals surface area contributed by atoms with Crippen LogP contribution in [0.1, 0.15) is 25.0 Å². The van der Waals surface area contributed by atoms with Crippen LogP contribution in [0.3, 0.4) is 0 Å². The zero-order valence-electron chi connectivity index (χ0n) is 15.4. The van der Waals surface area contributed by atoms with Gasteiger partial charge >= 0.3 is 0 Å². The third-order valence-electron chi connectivity index (χ3n) is 4.02. The average Bonchev–Trinajstić information content (AvgIpc) is 2.65. The van der Waals surface area contributed by atoms with Crippen LogP contribution in [0.2, 0.25) is 0 Å². The van der Waals surface area contributed by atoms with Crippen molar-refractivity contribution in [2.24, 2.45) is 0 Å². The van der Waals surface area contributed by atoms with Crippen LogP contribution in [0.4, 0.5) is 5.69 Å². The van der Waals surface area contributed by atoms with Crippen LogP contribution in [0, 0.1) is 0 Å². The molecule has 0 aliphatic rings. The highest BCUT2D eigenvalue weighted by atomic mass is 16.5. The number of carbonyl (C=O) groups is 2. The van der Waals surface area contributed by atoms with Crippen LogP contribution in [0.25, 0.3) is 6.08 Å². The van der Waals surface area contributed by atoms with E-state index < -0.39 is 0 Å². The van der Waals surface area contributed by atoms with E-state index in [9.17, 15) is 9.59 Å². The van der Waals surface area contributed by atoms with E-state index in [-0.39, 0.29) is 11.8 Å². The van der Waals surface area contributed by atoms with Gasteiger partial charge in [-0.3, -0.25) is 9.59 Å². The predicted molar refractivity (Wildman–Crippen MR) is 104 cm³/mol. The van der Waals surface area contributed by atoms with Crippen LogP contribution in [-0.2, 0) is 16.1 Å². The molecule has 0 aromatic heterocycles. The summed E-state index contributed by atoms with van der Waals surface area (Å²) in [6.07, 6.45) is 3.18. The zero-order valence-corrected chi connectivity index (χ0v) is 15.4. The summed E-state index contributed by atoms with van der Waals surface area (Å²) in [4.78, 5) is 25.7. The van der Waals surface area contributed by atoms with Crippen molar-refractivity contribution in [2.45, 2.75) is 20.4 Å². The van der Waals surface area contributed by atoms with E-state index in [0.29, 0.717) is 24.5 Å². The maximum atomic E-state index is 12.3. The lowest BCUT2D eigenvalue weighted by Gasteiger charge is -2.20. The summed E-state index contributed by atoms with van der Waals surface area (Å²) in [6.45, 7) is 4.54. The number of anilines is 1. The minimum Gasteiger partial charge on any atom is -0.496 e. The maximum absolute atomic E-state index is 12.3. The van der Waals surface area contributed by atoms with Gasteiger partial charge in [-0.05, 0) is 30.7 Å². The fraction of sp³-hybridized carbons (Fsp3) is 0.238. The Morgan fingerprint density at radius 3 is 2.50 bits per heavy atom. The molecule has 0 atom stereocenters.